The molecule has 0 aliphatic carbocycles. The smallest absolute Gasteiger partial charge is 0.387 e. The molecule has 1 saturated heterocycles. The lowest BCUT2D eigenvalue weighted by atomic mass is 9.90. The molecule has 5 nitrogen and oxygen atoms in total. The van der Waals surface area contributed by atoms with Gasteiger partial charge in [-0.15, -0.1) is 11.3 Å². The molecule has 1 amide bonds. The van der Waals surface area contributed by atoms with Crippen molar-refractivity contribution in [3.63, 3.8) is 0 Å². The van der Waals surface area contributed by atoms with E-state index >= 15 is 0 Å². The number of benzene rings is 1. The Bertz CT molecular complexity index is 821. The number of likely N-dealkylation sites (tertiary alicyclic amines) is 1. The molecule has 3 rings (SSSR count). The number of hydrogen-bond acceptors (Lipinski definition) is 4. The summed E-state index contributed by atoms with van der Waals surface area (Å²) in [7, 11) is 0. The molecule has 138 valence electrons. The van der Waals surface area contributed by atoms with Gasteiger partial charge < -0.3 is 14.7 Å². The van der Waals surface area contributed by atoms with Crippen molar-refractivity contribution in [2.24, 2.45) is 5.41 Å². The number of ether oxygens (including phenoxy) is 1. The van der Waals surface area contributed by atoms with Crippen molar-refractivity contribution in [3.8, 4) is 16.2 Å². The zero-order valence-corrected chi connectivity index (χ0v) is 14.8. The standard InChI is InChI=1S/C18H17F2NO4S/c1-18(16(23)24)8-9-21(10-18)15(22)14-7-6-13(26-14)11-2-4-12(5-3-11)25-17(19)20/h2-7,17H,8-10H2,1H3,(H,23,24). The lowest BCUT2D eigenvalue weighted by Crippen LogP contribution is -2.34. The Balaban J connectivity index is 1.72. The number of nitrogens with zero attached hydrogens (tertiary/aromatic N) is 1. The number of halogens is 2. The highest BCUT2D eigenvalue weighted by Crippen LogP contribution is 2.34. The van der Waals surface area contributed by atoms with E-state index in [-0.39, 0.29) is 18.2 Å². The second-order valence-electron chi connectivity index (χ2n) is 6.41. The highest BCUT2D eigenvalue weighted by molar-refractivity contribution is 7.17. The van der Waals surface area contributed by atoms with E-state index < -0.39 is 18.0 Å². The van der Waals surface area contributed by atoms with Gasteiger partial charge in [-0.2, -0.15) is 8.78 Å². The maximum Gasteiger partial charge on any atom is 0.387 e. The maximum absolute atomic E-state index is 12.6. The van der Waals surface area contributed by atoms with Crippen LogP contribution in [0.3, 0.4) is 0 Å². The number of thiophene rings is 1. The summed E-state index contributed by atoms with van der Waals surface area (Å²) < 4.78 is 28.7. The molecular weight excluding hydrogens is 364 g/mol. The van der Waals surface area contributed by atoms with Gasteiger partial charge in [0.25, 0.3) is 5.91 Å². The highest BCUT2D eigenvalue weighted by Gasteiger charge is 2.42. The fraction of sp³-hybridized carbons (Fsp3) is 0.333. The van der Waals surface area contributed by atoms with E-state index in [4.69, 9.17) is 0 Å². The Morgan fingerprint density at radius 1 is 1.23 bits per heavy atom. The lowest BCUT2D eigenvalue weighted by molar-refractivity contribution is -0.147. The van der Waals surface area contributed by atoms with E-state index in [1.807, 2.05) is 0 Å². The predicted octanol–water partition coefficient (Wildman–Crippen LogP) is 3.95. The first kappa shape index (κ1) is 18.3. The molecule has 1 aromatic carbocycles. The van der Waals surface area contributed by atoms with E-state index in [0.717, 1.165) is 10.4 Å². The molecule has 0 spiro atoms. The normalized spacial score (nSPS) is 19.8. The van der Waals surface area contributed by atoms with Crippen molar-refractivity contribution in [1.29, 1.82) is 0 Å². The van der Waals surface area contributed by atoms with Crippen LogP contribution in [0.25, 0.3) is 10.4 Å². The zero-order chi connectivity index (χ0) is 18.9. The van der Waals surface area contributed by atoms with Crippen molar-refractivity contribution >= 4 is 23.2 Å². The fourth-order valence-corrected chi connectivity index (χ4v) is 3.85. The molecule has 26 heavy (non-hydrogen) atoms. The Hall–Kier alpha value is -2.48. The predicted molar refractivity (Wildman–Crippen MR) is 92.7 cm³/mol. The molecular formula is C18H17F2NO4S. The number of alkyl halides is 2. The van der Waals surface area contributed by atoms with Crippen LogP contribution in [0.15, 0.2) is 36.4 Å². The molecule has 1 unspecified atom stereocenters. The number of carboxylic acids is 1. The minimum Gasteiger partial charge on any atom is -0.481 e. The second-order valence-corrected chi connectivity index (χ2v) is 7.49. The minimum absolute atomic E-state index is 0.0710. The molecule has 2 aromatic rings. The molecule has 0 bridgehead atoms. The molecule has 8 heteroatoms. The van der Waals surface area contributed by atoms with Crippen LogP contribution in [0, 0.1) is 5.41 Å². The molecule has 1 aromatic heterocycles. The van der Waals surface area contributed by atoms with Crippen LogP contribution in [0.1, 0.15) is 23.0 Å². The monoisotopic (exact) mass is 381 g/mol. The number of carbonyl (C=O) groups excluding carboxylic acids is 1. The summed E-state index contributed by atoms with van der Waals surface area (Å²) in [5.74, 6) is -1.02. The van der Waals surface area contributed by atoms with Gasteiger partial charge in [-0.1, -0.05) is 0 Å². The summed E-state index contributed by atoms with van der Waals surface area (Å²) in [6.45, 7) is -0.627. The number of aliphatic carboxylic acids is 1. The first-order valence-corrected chi connectivity index (χ1v) is 8.78. The van der Waals surface area contributed by atoms with E-state index in [0.29, 0.717) is 17.8 Å². The van der Waals surface area contributed by atoms with E-state index in [2.05, 4.69) is 4.74 Å². The highest BCUT2D eigenvalue weighted by atomic mass is 32.1. The first-order valence-electron chi connectivity index (χ1n) is 7.96. The SMILES string of the molecule is CC1(C(=O)O)CCN(C(=O)c2ccc(-c3ccc(OC(F)F)cc3)s2)C1. The number of amides is 1. The van der Waals surface area contributed by atoms with E-state index in [9.17, 15) is 23.5 Å². The number of rotatable bonds is 5. The summed E-state index contributed by atoms with van der Waals surface area (Å²) in [6.07, 6.45) is 0.428. The van der Waals surface area contributed by atoms with Gasteiger partial charge in [-0.3, -0.25) is 9.59 Å². The van der Waals surface area contributed by atoms with Crippen LogP contribution in [-0.4, -0.2) is 41.6 Å². The van der Waals surface area contributed by atoms with Gasteiger partial charge in [0.05, 0.1) is 10.3 Å². The average Bonchev–Trinajstić information content (AvgIpc) is 3.22. The van der Waals surface area contributed by atoms with Gasteiger partial charge in [-0.25, -0.2) is 0 Å². The number of carboxylic acid groups (broad SMARTS) is 1. The minimum atomic E-state index is -2.87. The first-order chi connectivity index (χ1) is 12.3. The average molecular weight is 381 g/mol. The quantitative estimate of drug-likeness (QED) is 0.852. The summed E-state index contributed by atoms with van der Waals surface area (Å²) in [5.41, 5.74) is -0.122. The third-order valence-corrected chi connectivity index (χ3v) is 5.58. The summed E-state index contributed by atoms with van der Waals surface area (Å²) in [4.78, 5) is 26.8. The van der Waals surface area contributed by atoms with Gasteiger partial charge in [-0.05, 0) is 55.3 Å². The van der Waals surface area contributed by atoms with E-state index in [1.165, 1.54) is 23.5 Å². The Labute approximate surface area is 152 Å². The molecule has 0 saturated carbocycles. The van der Waals surface area contributed by atoms with Gasteiger partial charge in [0.1, 0.15) is 5.75 Å². The molecule has 1 aliphatic heterocycles. The van der Waals surface area contributed by atoms with Crippen molar-refractivity contribution in [2.45, 2.75) is 20.0 Å². The van der Waals surface area contributed by atoms with Crippen LogP contribution >= 0.6 is 11.3 Å². The van der Waals surface area contributed by atoms with Crippen LogP contribution in [0.4, 0.5) is 8.78 Å². The molecule has 2 heterocycles. The van der Waals surface area contributed by atoms with Crippen molar-refractivity contribution in [1.82, 2.24) is 4.90 Å². The van der Waals surface area contributed by atoms with Crippen molar-refractivity contribution < 1.29 is 28.2 Å². The largest absolute Gasteiger partial charge is 0.481 e. The fourth-order valence-electron chi connectivity index (χ4n) is 2.87. The number of carbonyl (C=O) groups is 2. The van der Waals surface area contributed by atoms with Gasteiger partial charge in [0.2, 0.25) is 0 Å². The van der Waals surface area contributed by atoms with Gasteiger partial charge in [0.15, 0.2) is 0 Å². The van der Waals surface area contributed by atoms with Crippen LogP contribution in [0.2, 0.25) is 0 Å². The maximum atomic E-state index is 12.6. The van der Waals surface area contributed by atoms with Gasteiger partial charge in [0, 0.05) is 18.0 Å². The summed E-state index contributed by atoms with van der Waals surface area (Å²) in [5, 5.41) is 9.28. The summed E-state index contributed by atoms with van der Waals surface area (Å²) >= 11 is 1.28. The molecule has 0 radical (unpaired) electrons. The van der Waals surface area contributed by atoms with Crippen molar-refractivity contribution in [3.05, 3.63) is 41.3 Å². The van der Waals surface area contributed by atoms with E-state index in [1.54, 1.807) is 36.1 Å². The molecule has 1 N–H and O–H groups in total. The van der Waals surface area contributed by atoms with Crippen molar-refractivity contribution in [2.75, 3.05) is 13.1 Å². The second kappa shape index (κ2) is 7.03. The zero-order valence-electron chi connectivity index (χ0n) is 13.9. The van der Waals surface area contributed by atoms with Crippen LogP contribution in [-0.2, 0) is 4.79 Å². The third kappa shape index (κ3) is 3.70. The molecule has 1 fully saturated rings. The third-order valence-electron chi connectivity index (χ3n) is 4.46. The Kier molecular flexibility index (Phi) is 4.95. The van der Waals surface area contributed by atoms with Crippen LogP contribution < -0.4 is 4.74 Å². The number of hydrogen-bond donors (Lipinski definition) is 1. The molecule has 1 atom stereocenters. The molecule has 1 aliphatic rings. The van der Waals surface area contributed by atoms with Crippen LogP contribution in [0.5, 0.6) is 5.75 Å². The Morgan fingerprint density at radius 2 is 1.92 bits per heavy atom. The summed E-state index contributed by atoms with van der Waals surface area (Å²) in [6, 6.07) is 9.67. The Morgan fingerprint density at radius 3 is 2.50 bits per heavy atom. The lowest BCUT2D eigenvalue weighted by Gasteiger charge is -2.19. The van der Waals surface area contributed by atoms with Gasteiger partial charge >= 0.3 is 12.6 Å². The topological polar surface area (TPSA) is 66.8 Å².